The van der Waals surface area contributed by atoms with Crippen LogP contribution in [0.1, 0.15) is 39.7 Å². The molecule has 220 valence electrons. The lowest BCUT2D eigenvalue weighted by Gasteiger charge is -2.32. The normalized spacial score (nSPS) is 12.7. The number of sulfonamides is 1. The number of benzene rings is 3. The van der Waals surface area contributed by atoms with E-state index in [9.17, 15) is 18.0 Å². The number of amides is 2. The molecular weight excluding hydrogens is 585 g/mol. The monoisotopic (exact) mass is 619 g/mol. The standard InChI is InChI=1S/C30H35Cl2N3O5S/c1-5-21(3)33-30(37)22(4)34(19-23-8-7-9-25(32)18-23)29(36)20-35(26-12-14-27(15-13-26)40-6-2)41(38,39)28-16-10-24(31)11-17-28/h7-18,21-22H,5-6,19-20H2,1-4H3,(H,33,37)/t21-,22-/m0/s1. The SMILES string of the molecule is CCOc1ccc(N(CC(=O)N(Cc2cccc(Cl)c2)[C@@H](C)C(=O)N[C@@H](C)CC)S(=O)(=O)c2ccc(Cl)cc2)cc1. The molecule has 0 aliphatic heterocycles. The first-order valence-electron chi connectivity index (χ1n) is 13.3. The molecule has 11 heteroatoms. The third-order valence-corrected chi connectivity index (χ3v) is 8.80. The van der Waals surface area contributed by atoms with Crippen LogP contribution in [0.5, 0.6) is 5.75 Å². The Hall–Kier alpha value is -3.27. The van der Waals surface area contributed by atoms with Gasteiger partial charge >= 0.3 is 0 Å². The summed E-state index contributed by atoms with van der Waals surface area (Å²) in [4.78, 5) is 28.4. The molecule has 0 unspecified atom stereocenters. The van der Waals surface area contributed by atoms with Crippen LogP contribution in [0.25, 0.3) is 0 Å². The largest absolute Gasteiger partial charge is 0.494 e. The first kappa shape index (κ1) is 32.2. The number of carbonyl (C=O) groups is 2. The lowest BCUT2D eigenvalue weighted by atomic mass is 10.1. The number of ether oxygens (including phenoxy) is 1. The number of hydrogen-bond acceptors (Lipinski definition) is 5. The van der Waals surface area contributed by atoms with Gasteiger partial charge in [-0.1, -0.05) is 42.3 Å². The summed E-state index contributed by atoms with van der Waals surface area (Å²) >= 11 is 12.2. The van der Waals surface area contributed by atoms with Gasteiger partial charge in [0.15, 0.2) is 0 Å². The molecule has 0 aliphatic carbocycles. The van der Waals surface area contributed by atoms with Crippen LogP contribution in [0.3, 0.4) is 0 Å². The minimum absolute atomic E-state index is 0.0347. The van der Waals surface area contributed by atoms with Gasteiger partial charge in [-0.3, -0.25) is 13.9 Å². The van der Waals surface area contributed by atoms with E-state index in [1.807, 2.05) is 20.8 Å². The quantitative estimate of drug-likeness (QED) is 0.256. The zero-order chi connectivity index (χ0) is 30.2. The second-order valence-electron chi connectivity index (χ2n) is 9.54. The molecule has 0 fully saturated rings. The van der Waals surface area contributed by atoms with Gasteiger partial charge in [-0.2, -0.15) is 0 Å². The predicted octanol–water partition coefficient (Wildman–Crippen LogP) is 5.92. The topological polar surface area (TPSA) is 96.0 Å². The summed E-state index contributed by atoms with van der Waals surface area (Å²) in [6.07, 6.45) is 0.714. The van der Waals surface area contributed by atoms with Gasteiger partial charge < -0.3 is 15.0 Å². The van der Waals surface area contributed by atoms with Crippen molar-refractivity contribution in [3.63, 3.8) is 0 Å². The van der Waals surface area contributed by atoms with Gasteiger partial charge in [0, 0.05) is 22.6 Å². The molecule has 41 heavy (non-hydrogen) atoms. The lowest BCUT2D eigenvalue weighted by Crippen LogP contribution is -2.52. The van der Waals surface area contributed by atoms with Crippen molar-refractivity contribution >= 4 is 50.7 Å². The van der Waals surface area contributed by atoms with E-state index in [0.717, 1.165) is 4.31 Å². The Balaban J connectivity index is 2.03. The van der Waals surface area contributed by atoms with Gasteiger partial charge in [0.1, 0.15) is 18.3 Å². The molecule has 2 amide bonds. The number of carbonyl (C=O) groups excluding carboxylic acids is 2. The maximum Gasteiger partial charge on any atom is 0.264 e. The highest BCUT2D eigenvalue weighted by molar-refractivity contribution is 7.92. The molecule has 0 saturated heterocycles. The summed E-state index contributed by atoms with van der Waals surface area (Å²) < 4.78 is 34.3. The first-order valence-corrected chi connectivity index (χ1v) is 15.5. The zero-order valence-electron chi connectivity index (χ0n) is 23.5. The average molecular weight is 621 g/mol. The van der Waals surface area contributed by atoms with Gasteiger partial charge in [0.2, 0.25) is 11.8 Å². The van der Waals surface area contributed by atoms with Crippen molar-refractivity contribution in [2.24, 2.45) is 0 Å². The third-order valence-electron chi connectivity index (χ3n) is 6.53. The van der Waals surface area contributed by atoms with E-state index in [1.165, 1.54) is 29.2 Å². The van der Waals surface area contributed by atoms with Crippen LogP contribution in [0, 0.1) is 0 Å². The molecule has 0 aliphatic rings. The van der Waals surface area contributed by atoms with Crippen LogP contribution in [0.4, 0.5) is 5.69 Å². The summed E-state index contributed by atoms with van der Waals surface area (Å²) in [5.74, 6) is -0.351. The highest BCUT2D eigenvalue weighted by atomic mass is 35.5. The molecule has 0 spiro atoms. The van der Waals surface area contributed by atoms with E-state index in [4.69, 9.17) is 27.9 Å². The van der Waals surface area contributed by atoms with Gasteiger partial charge in [-0.05, 0) is 93.4 Å². The summed E-state index contributed by atoms with van der Waals surface area (Å²) in [5.41, 5.74) is 0.957. The Labute approximate surface area is 252 Å². The molecule has 0 radical (unpaired) electrons. The van der Waals surface area contributed by atoms with Gasteiger partial charge in [0.25, 0.3) is 10.0 Å². The number of halogens is 2. The molecular formula is C30H35Cl2N3O5S. The van der Waals surface area contributed by atoms with Crippen molar-refractivity contribution < 1.29 is 22.7 Å². The Morgan fingerprint density at radius 1 is 0.927 bits per heavy atom. The first-order chi connectivity index (χ1) is 19.5. The van der Waals surface area contributed by atoms with Crippen molar-refractivity contribution in [2.45, 2.75) is 57.6 Å². The van der Waals surface area contributed by atoms with Gasteiger partial charge in [0.05, 0.1) is 17.2 Å². The number of rotatable bonds is 13. The lowest BCUT2D eigenvalue weighted by molar-refractivity contribution is -0.139. The van der Waals surface area contributed by atoms with Gasteiger partial charge in [-0.25, -0.2) is 8.42 Å². The number of anilines is 1. The number of hydrogen-bond donors (Lipinski definition) is 1. The number of nitrogens with zero attached hydrogens (tertiary/aromatic N) is 2. The van der Waals surface area contributed by atoms with E-state index in [1.54, 1.807) is 55.5 Å². The Kier molecular flexibility index (Phi) is 11.5. The van der Waals surface area contributed by atoms with Crippen molar-refractivity contribution in [3.05, 3.63) is 88.4 Å². The minimum Gasteiger partial charge on any atom is -0.494 e. The van der Waals surface area contributed by atoms with Crippen LogP contribution in [-0.2, 0) is 26.2 Å². The molecule has 0 bridgehead atoms. The highest BCUT2D eigenvalue weighted by Crippen LogP contribution is 2.27. The Morgan fingerprint density at radius 2 is 1.59 bits per heavy atom. The third kappa shape index (κ3) is 8.61. The van der Waals surface area contributed by atoms with Crippen LogP contribution in [-0.4, -0.2) is 50.4 Å². The van der Waals surface area contributed by atoms with Gasteiger partial charge in [-0.15, -0.1) is 0 Å². The summed E-state index contributed by atoms with van der Waals surface area (Å²) in [6, 6.07) is 18.1. The smallest absolute Gasteiger partial charge is 0.264 e. The fourth-order valence-electron chi connectivity index (χ4n) is 4.02. The summed E-state index contributed by atoms with van der Waals surface area (Å²) in [5, 5.41) is 3.77. The number of nitrogens with one attached hydrogen (secondary N) is 1. The highest BCUT2D eigenvalue weighted by Gasteiger charge is 2.33. The second kappa shape index (κ2) is 14.6. The maximum absolute atomic E-state index is 14.0. The van der Waals surface area contributed by atoms with Crippen LogP contribution >= 0.6 is 23.2 Å². The van der Waals surface area contributed by atoms with Crippen molar-refractivity contribution in [1.29, 1.82) is 0 Å². The van der Waals surface area contributed by atoms with E-state index in [0.29, 0.717) is 34.4 Å². The molecule has 1 N–H and O–H groups in total. The molecule has 3 aromatic carbocycles. The molecule has 0 aromatic heterocycles. The Bertz CT molecular complexity index is 1430. The fraction of sp³-hybridized carbons (Fsp3) is 0.333. The van der Waals surface area contributed by atoms with Crippen LogP contribution < -0.4 is 14.4 Å². The van der Waals surface area contributed by atoms with Crippen molar-refractivity contribution in [2.75, 3.05) is 17.5 Å². The van der Waals surface area contributed by atoms with E-state index >= 15 is 0 Å². The van der Waals surface area contributed by atoms with E-state index in [2.05, 4.69) is 5.32 Å². The predicted molar refractivity (Wildman–Crippen MR) is 163 cm³/mol. The molecule has 3 aromatic rings. The average Bonchev–Trinajstić information content (AvgIpc) is 2.95. The Morgan fingerprint density at radius 3 is 2.17 bits per heavy atom. The van der Waals surface area contributed by atoms with E-state index in [-0.39, 0.29) is 29.1 Å². The molecule has 0 heterocycles. The van der Waals surface area contributed by atoms with Crippen LogP contribution in [0.2, 0.25) is 10.0 Å². The van der Waals surface area contributed by atoms with E-state index < -0.39 is 28.5 Å². The second-order valence-corrected chi connectivity index (χ2v) is 12.3. The van der Waals surface area contributed by atoms with Crippen LogP contribution in [0.15, 0.2) is 77.7 Å². The molecule has 0 saturated carbocycles. The molecule has 2 atom stereocenters. The molecule has 8 nitrogen and oxygen atoms in total. The van der Waals surface area contributed by atoms with Crippen molar-refractivity contribution in [3.8, 4) is 5.75 Å². The van der Waals surface area contributed by atoms with Crippen molar-refractivity contribution in [1.82, 2.24) is 10.2 Å². The summed E-state index contributed by atoms with van der Waals surface area (Å²) in [6.45, 7) is 7.22. The fourth-order valence-corrected chi connectivity index (χ4v) is 5.77. The molecule has 3 rings (SSSR count). The minimum atomic E-state index is -4.21. The summed E-state index contributed by atoms with van der Waals surface area (Å²) in [7, 11) is -4.21. The zero-order valence-corrected chi connectivity index (χ0v) is 25.8. The maximum atomic E-state index is 14.0.